The third kappa shape index (κ3) is 3.45. The lowest BCUT2D eigenvalue weighted by atomic mass is 10.2. The van der Waals surface area contributed by atoms with E-state index < -0.39 is 0 Å². The standard InChI is InChI=1S/C18H18N4O3/c1-12-14(11-21-22(12)17-5-3-4-8-19-17)18(24)20-10-13-6-7-15(23)16(9-13)25-2/h3-9,11,23H,10H2,1-2H3,(H,20,24). The first-order chi connectivity index (χ1) is 12.1. The molecule has 2 aromatic heterocycles. The Morgan fingerprint density at radius 3 is 2.88 bits per heavy atom. The Labute approximate surface area is 144 Å². The van der Waals surface area contributed by atoms with Gasteiger partial charge in [-0.15, -0.1) is 0 Å². The molecular formula is C18H18N4O3. The summed E-state index contributed by atoms with van der Waals surface area (Å²) in [6, 6.07) is 10.4. The summed E-state index contributed by atoms with van der Waals surface area (Å²) >= 11 is 0. The number of carbonyl (C=O) groups excluding carboxylic acids is 1. The zero-order chi connectivity index (χ0) is 17.8. The Kier molecular flexibility index (Phi) is 4.65. The van der Waals surface area contributed by atoms with Gasteiger partial charge in [-0.25, -0.2) is 9.67 Å². The van der Waals surface area contributed by atoms with Crippen LogP contribution in [-0.2, 0) is 6.54 Å². The first-order valence-electron chi connectivity index (χ1n) is 7.70. The number of methoxy groups -OCH3 is 1. The Hall–Kier alpha value is -3.35. The van der Waals surface area contributed by atoms with Crippen molar-refractivity contribution < 1.29 is 14.6 Å². The second kappa shape index (κ2) is 7.04. The van der Waals surface area contributed by atoms with E-state index in [0.29, 0.717) is 29.4 Å². The van der Waals surface area contributed by atoms with E-state index in [2.05, 4.69) is 15.4 Å². The number of hydrogen-bond acceptors (Lipinski definition) is 5. The van der Waals surface area contributed by atoms with Crippen LogP contribution in [0.4, 0.5) is 0 Å². The average Bonchev–Trinajstić information content (AvgIpc) is 3.03. The molecule has 1 amide bonds. The summed E-state index contributed by atoms with van der Waals surface area (Å²) in [6.07, 6.45) is 3.20. The number of phenolic OH excluding ortho intramolecular Hbond substituents is 1. The van der Waals surface area contributed by atoms with E-state index in [1.807, 2.05) is 25.1 Å². The number of nitrogens with zero attached hydrogens (tertiary/aromatic N) is 3. The first-order valence-corrected chi connectivity index (χ1v) is 7.70. The van der Waals surface area contributed by atoms with Gasteiger partial charge in [0.15, 0.2) is 17.3 Å². The second-order valence-electron chi connectivity index (χ2n) is 5.43. The molecule has 0 aliphatic heterocycles. The van der Waals surface area contributed by atoms with E-state index in [4.69, 9.17) is 4.74 Å². The van der Waals surface area contributed by atoms with Crippen LogP contribution < -0.4 is 10.1 Å². The number of hydrogen-bond donors (Lipinski definition) is 2. The van der Waals surface area contributed by atoms with Gasteiger partial charge in [0.1, 0.15) is 0 Å². The molecule has 7 heteroatoms. The Morgan fingerprint density at radius 2 is 2.16 bits per heavy atom. The molecule has 0 radical (unpaired) electrons. The van der Waals surface area contributed by atoms with Gasteiger partial charge < -0.3 is 15.2 Å². The monoisotopic (exact) mass is 338 g/mol. The molecule has 0 atom stereocenters. The lowest BCUT2D eigenvalue weighted by Crippen LogP contribution is -2.23. The Balaban J connectivity index is 1.73. The van der Waals surface area contributed by atoms with Gasteiger partial charge in [0.25, 0.3) is 5.91 Å². The highest BCUT2D eigenvalue weighted by Gasteiger charge is 2.15. The second-order valence-corrected chi connectivity index (χ2v) is 5.43. The fraction of sp³-hybridized carbons (Fsp3) is 0.167. The molecule has 0 saturated heterocycles. The van der Waals surface area contributed by atoms with Crippen LogP contribution >= 0.6 is 0 Å². The quantitative estimate of drug-likeness (QED) is 0.744. The number of aromatic hydroxyl groups is 1. The molecule has 128 valence electrons. The molecule has 0 spiro atoms. The van der Waals surface area contributed by atoms with E-state index >= 15 is 0 Å². The summed E-state index contributed by atoms with van der Waals surface area (Å²) in [5.41, 5.74) is 2.01. The Morgan fingerprint density at radius 1 is 1.32 bits per heavy atom. The van der Waals surface area contributed by atoms with E-state index in [0.717, 1.165) is 5.56 Å². The number of benzene rings is 1. The van der Waals surface area contributed by atoms with Crippen molar-refractivity contribution in [3.05, 3.63) is 65.6 Å². The number of carbonyl (C=O) groups is 1. The van der Waals surface area contributed by atoms with Crippen molar-refractivity contribution in [1.82, 2.24) is 20.1 Å². The summed E-state index contributed by atoms with van der Waals surface area (Å²) in [6.45, 7) is 2.13. The summed E-state index contributed by atoms with van der Waals surface area (Å²) in [4.78, 5) is 16.7. The van der Waals surface area contributed by atoms with Crippen molar-refractivity contribution in [3.8, 4) is 17.3 Å². The molecule has 7 nitrogen and oxygen atoms in total. The molecular weight excluding hydrogens is 320 g/mol. The summed E-state index contributed by atoms with van der Waals surface area (Å²) in [5.74, 6) is 0.852. The summed E-state index contributed by atoms with van der Waals surface area (Å²) < 4.78 is 6.69. The van der Waals surface area contributed by atoms with E-state index in [-0.39, 0.29) is 11.7 Å². The minimum atomic E-state index is -0.230. The lowest BCUT2D eigenvalue weighted by molar-refractivity contribution is 0.0950. The van der Waals surface area contributed by atoms with E-state index in [9.17, 15) is 9.90 Å². The zero-order valence-electron chi connectivity index (χ0n) is 13.9. The molecule has 2 N–H and O–H groups in total. The van der Waals surface area contributed by atoms with Crippen LogP contribution in [-0.4, -0.2) is 32.9 Å². The molecule has 0 fully saturated rings. The highest BCUT2D eigenvalue weighted by Crippen LogP contribution is 2.26. The highest BCUT2D eigenvalue weighted by molar-refractivity contribution is 5.95. The van der Waals surface area contributed by atoms with Gasteiger partial charge in [-0.2, -0.15) is 5.10 Å². The number of phenols is 1. The molecule has 0 saturated carbocycles. The van der Waals surface area contributed by atoms with Crippen LogP contribution in [0.1, 0.15) is 21.6 Å². The van der Waals surface area contributed by atoms with Crippen molar-refractivity contribution in [2.75, 3.05) is 7.11 Å². The molecule has 0 unspecified atom stereocenters. The number of aromatic nitrogens is 3. The minimum absolute atomic E-state index is 0.0602. The van der Waals surface area contributed by atoms with Gasteiger partial charge in [-0.05, 0) is 36.8 Å². The predicted molar refractivity (Wildman–Crippen MR) is 91.9 cm³/mol. The fourth-order valence-corrected chi connectivity index (χ4v) is 2.45. The summed E-state index contributed by atoms with van der Waals surface area (Å²) in [7, 11) is 1.48. The van der Waals surface area contributed by atoms with Crippen LogP contribution in [0.2, 0.25) is 0 Å². The van der Waals surface area contributed by atoms with E-state index in [1.54, 1.807) is 23.0 Å². The SMILES string of the molecule is COc1cc(CNC(=O)c2cnn(-c3ccccn3)c2C)ccc1O. The molecule has 3 aromatic rings. The third-order valence-corrected chi connectivity index (χ3v) is 3.82. The number of nitrogens with one attached hydrogen (secondary N) is 1. The van der Waals surface area contributed by atoms with Gasteiger partial charge in [0.05, 0.1) is 24.6 Å². The van der Waals surface area contributed by atoms with Gasteiger partial charge >= 0.3 is 0 Å². The topological polar surface area (TPSA) is 89.3 Å². The van der Waals surface area contributed by atoms with Crippen molar-refractivity contribution in [3.63, 3.8) is 0 Å². The maximum atomic E-state index is 12.4. The molecule has 2 heterocycles. The summed E-state index contributed by atoms with van der Waals surface area (Å²) in [5, 5.41) is 16.7. The number of rotatable bonds is 5. The fourth-order valence-electron chi connectivity index (χ4n) is 2.45. The molecule has 0 aliphatic rings. The highest BCUT2D eigenvalue weighted by atomic mass is 16.5. The van der Waals surface area contributed by atoms with Crippen LogP contribution in [0.15, 0.2) is 48.8 Å². The van der Waals surface area contributed by atoms with Gasteiger partial charge in [0.2, 0.25) is 0 Å². The van der Waals surface area contributed by atoms with Gasteiger partial charge in [0, 0.05) is 12.7 Å². The average molecular weight is 338 g/mol. The smallest absolute Gasteiger partial charge is 0.255 e. The van der Waals surface area contributed by atoms with Crippen molar-refractivity contribution in [1.29, 1.82) is 0 Å². The molecule has 0 aliphatic carbocycles. The van der Waals surface area contributed by atoms with E-state index in [1.165, 1.54) is 19.4 Å². The third-order valence-electron chi connectivity index (χ3n) is 3.82. The first kappa shape index (κ1) is 16.5. The minimum Gasteiger partial charge on any atom is -0.504 e. The maximum absolute atomic E-state index is 12.4. The lowest BCUT2D eigenvalue weighted by Gasteiger charge is -2.08. The van der Waals surface area contributed by atoms with Crippen LogP contribution in [0.3, 0.4) is 0 Å². The molecule has 1 aromatic carbocycles. The molecule has 0 bridgehead atoms. The van der Waals surface area contributed by atoms with Gasteiger partial charge in [-0.1, -0.05) is 12.1 Å². The number of pyridine rings is 1. The number of amides is 1. The van der Waals surface area contributed by atoms with Crippen LogP contribution in [0.25, 0.3) is 5.82 Å². The van der Waals surface area contributed by atoms with Crippen LogP contribution in [0, 0.1) is 6.92 Å². The predicted octanol–water partition coefficient (Wildman–Crippen LogP) is 2.22. The van der Waals surface area contributed by atoms with Crippen molar-refractivity contribution in [2.45, 2.75) is 13.5 Å². The Bertz CT molecular complexity index is 891. The zero-order valence-corrected chi connectivity index (χ0v) is 13.9. The van der Waals surface area contributed by atoms with Gasteiger partial charge in [-0.3, -0.25) is 4.79 Å². The number of ether oxygens (including phenoxy) is 1. The maximum Gasteiger partial charge on any atom is 0.255 e. The van der Waals surface area contributed by atoms with Crippen molar-refractivity contribution in [2.24, 2.45) is 0 Å². The van der Waals surface area contributed by atoms with Crippen LogP contribution in [0.5, 0.6) is 11.5 Å². The largest absolute Gasteiger partial charge is 0.504 e. The van der Waals surface area contributed by atoms with Crippen molar-refractivity contribution >= 4 is 5.91 Å². The normalized spacial score (nSPS) is 10.5. The molecule has 3 rings (SSSR count). The molecule has 25 heavy (non-hydrogen) atoms.